The van der Waals surface area contributed by atoms with Gasteiger partial charge in [0, 0.05) is 18.3 Å². The van der Waals surface area contributed by atoms with E-state index in [0.717, 1.165) is 11.3 Å². The minimum Gasteiger partial charge on any atom is -0.482 e. The molecule has 2 aromatic carbocycles. The fourth-order valence-corrected chi connectivity index (χ4v) is 2.85. The Labute approximate surface area is 156 Å². The van der Waals surface area contributed by atoms with Crippen molar-refractivity contribution in [2.75, 3.05) is 17.2 Å². The van der Waals surface area contributed by atoms with E-state index in [4.69, 9.17) is 4.74 Å². The molecule has 0 spiro atoms. The van der Waals surface area contributed by atoms with Crippen LogP contribution in [0.25, 0.3) is 5.69 Å². The van der Waals surface area contributed by atoms with Gasteiger partial charge in [-0.15, -0.1) is 0 Å². The van der Waals surface area contributed by atoms with Gasteiger partial charge in [0.2, 0.25) is 5.91 Å². The number of aromatic nitrogens is 2. The van der Waals surface area contributed by atoms with E-state index in [9.17, 15) is 9.59 Å². The van der Waals surface area contributed by atoms with Crippen molar-refractivity contribution in [1.29, 1.82) is 0 Å². The number of hydrogen-bond acceptors (Lipinski definition) is 4. The van der Waals surface area contributed by atoms with Crippen molar-refractivity contribution in [3.8, 4) is 11.4 Å². The van der Waals surface area contributed by atoms with Crippen LogP contribution in [-0.2, 0) is 16.0 Å². The summed E-state index contributed by atoms with van der Waals surface area (Å²) in [5.41, 5.74) is 3.14. The van der Waals surface area contributed by atoms with Crippen LogP contribution in [0, 0.1) is 0 Å². The van der Waals surface area contributed by atoms with Crippen molar-refractivity contribution in [3.05, 3.63) is 66.5 Å². The largest absolute Gasteiger partial charge is 0.482 e. The number of carbonyl (C=O) groups is 2. The van der Waals surface area contributed by atoms with Gasteiger partial charge in [0.15, 0.2) is 6.61 Å². The Morgan fingerprint density at radius 3 is 2.93 bits per heavy atom. The number of ether oxygens (including phenoxy) is 1. The van der Waals surface area contributed by atoms with Crippen molar-refractivity contribution < 1.29 is 14.3 Å². The van der Waals surface area contributed by atoms with Crippen LogP contribution in [-0.4, -0.2) is 28.2 Å². The van der Waals surface area contributed by atoms with Crippen LogP contribution in [0.5, 0.6) is 5.75 Å². The zero-order chi connectivity index (χ0) is 18.6. The van der Waals surface area contributed by atoms with Crippen LogP contribution in [0.3, 0.4) is 0 Å². The third-order valence-electron chi connectivity index (χ3n) is 4.19. The van der Waals surface area contributed by atoms with Crippen molar-refractivity contribution in [1.82, 2.24) is 9.78 Å². The summed E-state index contributed by atoms with van der Waals surface area (Å²) in [5.74, 6) is 0.285. The highest BCUT2D eigenvalue weighted by Crippen LogP contribution is 2.30. The molecule has 0 unspecified atom stereocenters. The Morgan fingerprint density at radius 1 is 1.22 bits per heavy atom. The lowest BCUT2D eigenvalue weighted by Gasteiger charge is -2.18. The second-order valence-corrected chi connectivity index (χ2v) is 6.22. The molecule has 7 nitrogen and oxygen atoms in total. The van der Waals surface area contributed by atoms with Gasteiger partial charge in [-0.25, -0.2) is 4.68 Å². The molecule has 1 aromatic heterocycles. The van der Waals surface area contributed by atoms with Gasteiger partial charge in [0.1, 0.15) is 5.75 Å². The predicted molar refractivity (Wildman–Crippen MR) is 101 cm³/mol. The van der Waals surface area contributed by atoms with E-state index in [0.29, 0.717) is 30.0 Å². The van der Waals surface area contributed by atoms with E-state index >= 15 is 0 Å². The molecule has 2 heterocycles. The number of amides is 2. The van der Waals surface area contributed by atoms with E-state index in [1.54, 1.807) is 29.1 Å². The van der Waals surface area contributed by atoms with E-state index in [1.807, 2.05) is 36.5 Å². The van der Waals surface area contributed by atoms with Crippen LogP contribution >= 0.6 is 0 Å². The van der Waals surface area contributed by atoms with Gasteiger partial charge in [-0.2, -0.15) is 5.10 Å². The zero-order valence-electron chi connectivity index (χ0n) is 14.5. The number of carbonyl (C=O) groups excluding carboxylic acids is 2. The molecule has 0 bridgehead atoms. The summed E-state index contributed by atoms with van der Waals surface area (Å²) in [5, 5.41) is 9.90. The molecule has 0 saturated carbocycles. The summed E-state index contributed by atoms with van der Waals surface area (Å²) >= 11 is 0. The summed E-state index contributed by atoms with van der Waals surface area (Å²) in [6, 6.07) is 15.0. The lowest BCUT2D eigenvalue weighted by Crippen LogP contribution is -2.25. The minimum absolute atomic E-state index is 0.00930. The molecule has 0 saturated heterocycles. The molecule has 2 amide bonds. The number of nitrogens with one attached hydrogen (secondary N) is 2. The Hall–Kier alpha value is -3.61. The van der Waals surface area contributed by atoms with E-state index in [-0.39, 0.29) is 18.4 Å². The zero-order valence-corrected chi connectivity index (χ0v) is 14.5. The Morgan fingerprint density at radius 2 is 2.07 bits per heavy atom. The molecule has 27 heavy (non-hydrogen) atoms. The third kappa shape index (κ3) is 3.98. The third-order valence-corrected chi connectivity index (χ3v) is 4.19. The van der Waals surface area contributed by atoms with Crippen LogP contribution in [0.4, 0.5) is 11.4 Å². The van der Waals surface area contributed by atoms with E-state index < -0.39 is 0 Å². The van der Waals surface area contributed by atoms with Gasteiger partial charge in [0.25, 0.3) is 5.91 Å². The SMILES string of the molecule is O=C(CCc1cnn(-c2ccccc2)c1)Nc1ccc2c(c1)NC(=O)CO2. The summed E-state index contributed by atoms with van der Waals surface area (Å²) < 4.78 is 7.10. The van der Waals surface area contributed by atoms with Crippen molar-refractivity contribution in [3.63, 3.8) is 0 Å². The number of hydrogen-bond donors (Lipinski definition) is 2. The monoisotopic (exact) mass is 362 g/mol. The molecule has 0 atom stereocenters. The highest BCUT2D eigenvalue weighted by molar-refractivity contribution is 5.97. The maximum absolute atomic E-state index is 12.2. The smallest absolute Gasteiger partial charge is 0.262 e. The van der Waals surface area contributed by atoms with Crippen LogP contribution in [0.1, 0.15) is 12.0 Å². The number of fused-ring (bicyclic) bond motifs is 1. The standard InChI is InChI=1S/C20H18N4O3/c25-19(22-15-7-8-18-17(10-15)23-20(26)13-27-18)9-6-14-11-21-24(12-14)16-4-2-1-3-5-16/h1-5,7-8,10-12H,6,9,13H2,(H,22,25)(H,23,26). The van der Waals surface area contributed by atoms with Gasteiger partial charge in [-0.1, -0.05) is 18.2 Å². The topological polar surface area (TPSA) is 85.3 Å². The fraction of sp³-hybridized carbons (Fsp3) is 0.150. The Balaban J connectivity index is 1.34. The highest BCUT2D eigenvalue weighted by atomic mass is 16.5. The molecular formula is C20H18N4O3. The second-order valence-electron chi connectivity index (χ2n) is 6.22. The molecule has 136 valence electrons. The first-order chi connectivity index (χ1) is 13.2. The normalized spacial score (nSPS) is 12.7. The Kier molecular flexibility index (Phi) is 4.57. The van der Waals surface area contributed by atoms with Crippen LogP contribution in [0.15, 0.2) is 60.9 Å². The highest BCUT2D eigenvalue weighted by Gasteiger charge is 2.16. The molecule has 4 rings (SSSR count). The molecule has 7 heteroatoms. The number of para-hydroxylation sites is 1. The first kappa shape index (κ1) is 16.8. The number of anilines is 2. The second kappa shape index (κ2) is 7.33. The molecule has 2 N–H and O–H groups in total. The first-order valence-corrected chi connectivity index (χ1v) is 8.63. The van der Waals surface area contributed by atoms with Gasteiger partial charge in [-0.05, 0) is 42.3 Å². The van der Waals surface area contributed by atoms with E-state index in [1.165, 1.54) is 0 Å². The van der Waals surface area contributed by atoms with Crippen molar-refractivity contribution in [2.24, 2.45) is 0 Å². The number of aryl methyl sites for hydroxylation is 1. The summed E-state index contributed by atoms with van der Waals surface area (Å²) in [7, 11) is 0. The van der Waals surface area contributed by atoms with Crippen LogP contribution in [0.2, 0.25) is 0 Å². The van der Waals surface area contributed by atoms with Gasteiger partial charge < -0.3 is 15.4 Å². The van der Waals surface area contributed by atoms with Crippen molar-refractivity contribution >= 4 is 23.2 Å². The summed E-state index contributed by atoms with van der Waals surface area (Å²) in [6.45, 7) is 0.00930. The lowest BCUT2D eigenvalue weighted by atomic mass is 10.2. The molecule has 1 aliphatic heterocycles. The first-order valence-electron chi connectivity index (χ1n) is 8.63. The average molecular weight is 362 g/mol. The molecule has 1 aliphatic rings. The van der Waals surface area contributed by atoms with Gasteiger partial charge in [0.05, 0.1) is 17.6 Å². The molecule has 0 radical (unpaired) electrons. The van der Waals surface area contributed by atoms with Gasteiger partial charge in [-0.3, -0.25) is 9.59 Å². The molecular weight excluding hydrogens is 344 g/mol. The molecule has 3 aromatic rings. The van der Waals surface area contributed by atoms with Gasteiger partial charge >= 0.3 is 0 Å². The summed E-state index contributed by atoms with van der Waals surface area (Å²) in [4.78, 5) is 23.6. The molecule has 0 fully saturated rings. The quantitative estimate of drug-likeness (QED) is 0.731. The number of nitrogens with zero attached hydrogens (tertiary/aromatic N) is 2. The maximum atomic E-state index is 12.2. The van der Waals surface area contributed by atoms with Crippen molar-refractivity contribution in [2.45, 2.75) is 12.8 Å². The minimum atomic E-state index is -0.207. The maximum Gasteiger partial charge on any atom is 0.262 e. The Bertz CT molecular complexity index is 982. The predicted octanol–water partition coefficient (Wildman–Crippen LogP) is 2.77. The molecule has 0 aliphatic carbocycles. The summed E-state index contributed by atoms with van der Waals surface area (Å²) in [6.07, 6.45) is 4.62. The van der Waals surface area contributed by atoms with Crippen LogP contribution < -0.4 is 15.4 Å². The number of rotatable bonds is 5. The van der Waals surface area contributed by atoms with E-state index in [2.05, 4.69) is 15.7 Å². The lowest BCUT2D eigenvalue weighted by molar-refractivity contribution is -0.118. The number of benzene rings is 2. The average Bonchev–Trinajstić information content (AvgIpc) is 3.16. The fourth-order valence-electron chi connectivity index (χ4n) is 2.85.